The highest BCUT2D eigenvalue weighted by molar-refractivity contribution is 5.98. The first-order chi connectivity index (χ1) is 15.9. The molecule has 0 bridgehead atoms. The number of amides is 1. The molecule has 2 heterocycles. The molecule has 0 unspecified atom stereocenters. The third kappa shape index (κ3) is 5.75. The third-order valence-electron chi connectivity index (χ3n) is 5.62. The highest BCUT2D eigenvalue weighted by Crippen LogP contribution is 2.25. The minimum atomic E-state index is -0.671. The van der Waals surface area contributed by atoms with Crippen LogP contribution in [-0.2, 0) is 6.54 Å². The van der Waals surface area contributed by atoms with Gasteiger partial charge in [-0.15, -0.1) is 0 Å². The van der Waals surface area contributed by atoms with Gasteiger partial charge in [-0.1, -0.05) is 0 Å². The maximum absolute atomic E-state index is 13.5. The molecule has 33 heavy (non-hydrogen) atoms. The summed E-state index contributed by atoms with van der Waals surface area (Å²) in [5.41, 5.74) is 14.4. The van der Waals surface area contributed by atoms with E-state index in [2.05, 4.69) is 20.5 Å². The van der Waals surface area contributed by atoms with Gasteiger partial charge in [-0.2, -0.15) is 0 Å². The molecule has 3 aromatic rings. The Labute approximate surface area is 190 Å². The van der Waals surface area contributed by atoms with Crippen molar-refractivity contribution >= 4 is 28.8 Å². The van der Waals surface area contributed by atoms with Crippen molar-refractivity contribution in [1.29, 1.82) is 0 Å². The van der Waals surface area contributed by atoms with Crippen molar-refractivity contribution in [3.63, 3.8) is 0 Å². The maximum Gasteiger partial charge on any atom is 0.252 e. The fourth-order valence-electron chi connectivity index (χ4n) is 3.84. The molecule has 172 valence electrons. The molecule has 1 aliphatic rings. The van der Waals surface area contributed by atoms with Crippen LogP contribution in [0.2, 0.25) is 0 Å². The highest BCUT2D eigenvalue weighted by Gasteiger charge is 2.16. The molecule has 9 heteroatoms. The first-order valence-electron chi connectivity index (χ1n) is 10.7. The molecular weight excluding hydrogens is 426 g/mol. The van der Waals surface area contributed by atoms with E-state index >= 15 is 0 Å². The van der Waals surface area contributed by atoms with E-state index in [-0.39, 0.29) is 18.2 Å². The van der Waals surface area contributed by atoms with Gasteiger partial charge in [-0.25, -0.2) is 13.8 Å². The second-order valence-corrected chi connectivity index (χ2v) is 8.11. The minimum Gasteiger partial charge on any atom is -0.380 e. The van der Waals surface area contributed by atoms with Crippen molar-refractivity contribution in [2.45, 2.75) is 25.4 Å². The smallest absolute Gasteiger partial charge is 0.252 e. The number of benzene rings is 2. The van der Waals surface area contributed by atoms with Crippen LogP contribution < -0.4 is 27.0 Å². The number of primary amides is 1. The molecule has 0 radical (unpaired) electrons. The van der Waals surface area contributed by atoms with E-state index in [9.17, 15) is 13.6 Å². The summed E-state index contributed by atoms with van der Waals surface area (Å²) in [6, 6.07) is 13.1. The average molecular weight is 453 g/mol. The molecule has 0 atom stereocenters. The molecule has 1 amide bonds. The van der Waals surface area contributed by atoms with E-state index in [0.717, 1.165) is 43.4 Å². The lowest BCUT2D eigenvalue weighted by molar-refractivity contribution is 0.100. The predicted molar refractivity (Wildman–Crippen MR) is 126 cm³/mol. The molecular formula is C24H26F2N6O. The monoisotopic (exact) mass is 452 g/mol. The molecule has 0 saturated carbocycles. The van der Waals surface area contributed by atoms with Gasteiger partial charge >= 0.3 is 0 Å². The molecule has 0 spiro atoms. The number of carbonyl (C=O) groups excluding carboxylic acids is 1. The van der Waals surface area contributed by atoms with Gasteiger partial charge in [-0.3, -0.25) is 4.79 Å². The Balaban J connectivity index is 1.47. The number of anilines is 4. The molecule has 2 aromatic carbocycles. The molecule has 1 aliphatic heterocycles. The SMILES string of the molecule is NC(=O)c1cnc(Nc2ccc(N3CCC(N)CC3)cc2)cc1NCc1cc(F)cc(F)c1. The van der Waals surface area contributed by atoms with Gasteiger partial charge in [0, 0.05) is 55.4 Å². The molecule has 1 saturated heterocycles. The summed E-state index contributed by atoms with van der Waals surface area (Å²) in [5, 5.41) is 6.22. The zero-order chi connectivity index (χ0) is 23.4. The average Bonchev–Trinajstić information content (AvgIpc) is 2.78. The lowest BCUT2D eigenvalue weighted by atomic mass is 10.1. The van der Waals surface area contributed by atoms with Crippen LogP contribution in [0.1, 0.15) is 28.8 Å². The van der Waals surface area contributed by atoms with Crippen LogP contribution in [0, 0.1) is 11.6 Å². The van der Waals surface area contributed by atoms with E-state index in [1.165, 1.54) is 18.3 Å². The quantitative estimate of drug-likeness (QED) is 0.435. The number of rotatable bonds is 7. The number of nitrogens with one attached hydrogen (secondary N) is 2. The van der Waals surface area contributed by atoms with Crippen molar-refractivity contribution in [1.82, 2.24) is 4.98 Å². The largest absolute Gasteiger partial charge is 0.380 e. The molecule has 0 aliphatic carbocycles. The van der Waals surface area contributed by atoms with Crippen molar-refractivity contribution in [2.24, 2.45) is 11.5 Å². The first kappa shape index (κ1) is 22.5. The van der Waals surface area contributed by atoms with Gasteiger partial charge in [0.1, 0.15) is 17.5 Å². The van der Waals surface area contributed by atoms with Gasteiger partial charge < -0.3 is 27.0 Å². The van der Waals surface area contributed by atoms with Crippen LogP contribution in [0.3, 0.4) is 0 Å². The number of nitrogens with zero attached hydrogens (tertiary/aromatic N) is 2. The number of piperidine rings is 1. The number of nitrogens with two attached hydrogens (primary N) is 2. The van der Waals surface area contributed by atoms with E-state index in [1.807, 2.05) is 24.3 Å². The van der Waals surface area contributed by atoms with Gasteiger partial charge in [0.2, 0.25) is 0 Å². The summed E-state index contributed by atoms with van der Waals surface area (Å²) in [7, 11) is 0. The first-order valence-corrected chi connectivity index (χ1v) is 10.7. The zero-order valence-electron chi connectivity index (χ0n) is 18.0. The standard InChI is InChI=1S/C24H26F2N6O/c25-16-9-15(10-17(26)11-16)13-29-22-12-23(30-14-21(22)24(28)33)31-19-1-3-20(4-2-19)32-7-5-18(27)6-8-32/h1-4,9-12,14,18H,5-8,13,27H2,(H2,28,33)(H2,29,30,31). The van der Waals surface area contributed by atoms with Crippen LogP contribution in [0.4, 0.5) is 31.7 Å². The second kappa shape index (κ2) is 9.83. The molecule has 7 nitrogen and oxygen atoms in total. The van der Waals surface area contributed by atoms with E-state index < -0.39 is 17.5 Å². The number of halogens is 2. The summed E-state index contributed by atoms with van der Waals surface area (Å²) >= 11 is 0. The Bertz CT molecular complexity index is 1110. The van der Waals surface area contributed by atoms with Crippen LogP contribution in [-0.4, -0.2) is 30.0 Å². The van der Waals surface area contributed by atoms with Crippen molar-refractivity contribution < 1.29 is 13.6 Å². The topological polar surface area (TPSA) is 109 Å². The van der Waals surface area contributed by atoms with Crippen LogP contribution in [0.5, 0.6) is 0 Å². The van der Waals surface area contributed by atoms with Crippen LogP contribution >= 0.6 is 0 Å². The zero-order valence-corrected chi connectivity index (χ0v) is 18.0. The lowest BCUT2D eigenvalue weighted by Gasteiger charge is -2.32. The molecule has 4 rings (SSSR count). The summed E-state index contributed by atoms with van der Waals surface area (Å²) in [4.78, 5) is 18.4. The predicted octanol–water partition coefficient (Wildman–Crippen LogP) is 3.74. The maximum atomic E-state index is 13.5. The summed E-state index contributed by atoms with van der Waals surface area (Å²) in [5.74, 6) is -1.51. The minimum absolute atomic E-state index is 0.104. The number of pyridine rings is 1. The molecule has 1 fully saturated rings. The van der Waals surface area contributed by atoms with Crippen LogP contribution in [0.15, 0.2) is 54.7 Å². The lowest BCUT2D eigenvalue weighted by Crippen LogP contribution is -2.39. The van der Waals surface area contributed by atoms with E-state index in [1.54, 1.807) is 6.07 Å². The Morgan fingerprint density at radius 1 is 1.06 bits per heavy atom. The van der Waals surface area contributed by atoms with Gasteiger partial charge in [0.05, 0.1) is 11.3 Å². The van der Waals surface area contributed by atoms with Crippen molar-refractivity contribution in [3.05, 3.63) is 77.5 Å². The number of aromatic nitrogens is 1. The Morgan fingerprint density at radius 3 is 2.36 bits per heavy atom. The fourth-order valence-corrected chi connectivity index (χ4v) is 3.84. The third-order valence-corrected chi connectivity index (χ3v) is 5.62. The van der Waals surface area contributed by atoms with Crippen LogP contribution in [0.25, 0.3) is 0 Å². The Kier molecular flexibility index (Phi) is 6.69. The second-order valence-electron chi connectivity index (χ2n) is 8.11. The van der Waals surface area contributed by atoms with E-state index in [0.29, 0.717) is 17.1 Å². The van der Waals surface area contributed by atoms with Gasteiger partial charge in [0.15, 0.2) is 0 Å². The normalized spacial score (nSPS) is 14.2. The van der Waals surface area contributed by atoms with Gasteiger partial charge in [0.25, 0.3) is 5.91 Å². The molecule has 1 aromatic heterocycles. The Hall–Kier alpha value is -3.72. The Morgan fingerprint density at radius 2 is 1.73 bits per heavy atom. The number of hydrogen-bond acceptors (Lipinski definition) is 6. The van der Waals surface area contributed by atoms with Gasteiger partial charge in [-0.05, 0) is 54.8 Å². The van der Waals surface area contributed by atoms with E-state index in [4.69, 9.17) is 11.5 Å². The number of carbonyl (C=O) groups is 1. The fraction of sp³-hybridized carbons (Fsp3) is 0.250. The molecule has 6 N–H and O–H groups in total. The highest BCUT2D eigenvalue weighted by atomic mass is 19.1. The summed E-state index contributed by atoms with van der Waals surface area (Å²) in [6.45, 7) is 1.98. The van der Waals surface area contributed by atoms with Crippen molar-refractivity contribution in [2.75, 3.05) is 28.6 Å². The summed E-state index contributed by atoms with van der Waals surface area (Å²) in [6.07, 6.45) is 3.33. The summed E-state index contributed by atoms with van der Waals surface area (Å²) < 4.78 is 26.9. The number of hydrogen-bond donors (Lipinski definition) is 4. The van der Waals surface area contributed by atoms with Crippen molar-refractivity contribution in [3.8, 4) is 0 Å².